The lowest BCUT2D eigenvalue weighted by Crippen LogP contribution is -2.22. The summed E-state index contributed by atoms with van der Waals surface area (Å²) in [7, 11) is 0. The number of nitrogens with zero attached hydrogens (tertiary/aromatic N) is 2. The molecule has 22 heavy (non-hydrogen) atoms. The summed E-state index contributed by atoms with van der Waals surface area (Å²) in [5.41, 5.74) is 0.0374. The molecule has 0 bridgehead atoms. The van der Waals surface area contributed by atoms with Crippen molar-refractivity contribution in [3.63, 3.8) is 0 Å². The SMILES string of the molecule is O=C(Nc1cc(F)c(N2CCCC2)c(F)c1)Nc1nccs1. The Morgan fingerprint density at radius 1 is 1.18 bits per heavy atom. The van der Waals surface area contributed by atoms with Crippen molar-refractivity contribution in [2.45, 2.75) is 12.8 Å². The first-order valence-electron chi connectivity index (χ1n) is 6.85. The van der Waals surface area contributed by atoms with Crippen LogP contribution in [0.3, 0.4) is 0 Å². The van der Waals surface area contributed by atoms with Gasteiger partial charge in [0.1, 0.15) is 5.69 Å². The number of amides is 2. The first kappa shape index (κ1) is 14.7. The third-order valence-corrected chi connectivity index (χ3v) is 4.04. The highest BCUT2D eigenvalue weighted by molar-refractivity contribution is 7.13. The Balaban J connectivity index is 1.73. The Bertz CT molecular complexity index is 648. The van der Waals surface area contributed by atoms with E-state index in [0.717, 1.165) is 25.0 Å². The second-order valence-electron chi connectivity index (χ2n) is 4.90. The van der Waals surface area contributed by atoms with Crippen molar-refractivity contribution >= 4 is 33.9 Å². The summed E-state index contributed by atoms with van der Waals surface area (Å²) in [6.07, 6.45) is 3.40. The molecular weight excluding hydrogens is 310 g/mol. The highest BCUT2D eigenvalue weighted by Gasteiger charge is 2.21. The summed E-state index contributed by atoms with van der Waals surface area (Å²) in [6.45, 7) is 1.29. The van der Waals surface area contributed by atoms with Gasteiger partial charge in [0.05, 0.1) is 0 Å². The molecule has 5 nitrogen and oxygen atoms in total. The van der Waals surface area contributed by atoms with Crippen molar-refractivity contribution in [1.29, 1.82) is 0 Å². The fourth-order valence-corrected chi connectivity index (χ4v) is 2.95. The van der Waals surface area contributed by atoms with E-state index >= 15 is 0 Å². The summed E-state index contributed by atoms with van der Waals surface area (Å²) in [5, 5.41) is 7.00. The number of halogens is 2. The first-order valence-corrected chi connectivity index (χ1v) is 7.73. The van der Waals surface area contributed by atoms with Crippen molar-refractivity contribution in [1.82, 2.24) is 4.98 Å². The standard InChI is InChI=1S/C14H14F2N4OS/c15-10-7-9(18-13(21)19-14-17-3-6-22-14)8-11(16)12(10)20-4-1-2-5-20/h3,6-8H,1-2,4-5H2,(H2,17,18,19,21). The van der Waals surface area contributed by atoms with E-state index in [1.807, 2.05) is 0 Å². The third-order valence-electron chi connectivity index (χ3n) is 3.35. The number of aromatic nitrogens is 1. The van der Waals surface area contributed by atoms with E-state index in [1.54, 1.807) is 16.5 Å². The average Bonchev–Trinajstić information content (AvgIpc) is 3.11. The molecule has 116 valence electrons. The number of carbonyl (C=O) groups is 1. The monoisotopic (exact) mass is 324 g/mol. The second-order valence-corrected chi connectivity index (χ2v) is 5.79. The topological polar surface area (TPSA) is 57.3 Å². The van der Waals surface area contributed by atoms with Gasteiger partial charge in [0.25, 0.3) is 0 Å². The molecule has 2 N–H and O–H groups in total. The predicted molar refractivity (Wildman–Crippen MR) is 82.6 cm³/mol. The maximum atomic E-state index is 14.1. The second kappa shape index (κ2) is 6.27. The number of carbonyl (C=O) groups excluding carboxylic acids is 1. The smallest absolute Gasteiger partial charge is 0.325 e. The quantitative estimate of drug-likeness (QED) is 0.906. The summed E-state index contributed by atoms with van der Waals surface area (Å²) < 4.78 is 28.3. The van der Waals surface area contributed by atoms with Gasteiger partial charge in [0, 0.05) is 30.4 Å². The molecule has 1 aliphatic heterocycles. The van der Waals surface area contributed by atoms with E-state index in [1.165, 1.54) is 11.3 Å². The number of hydrogen-bond donors (Lipinski definition) is 2. The molecular formula is C14H14F2N4OS. The Morgan fingerprint density at radius 3 is 2.45 bits per heavy atom. The summed E-state index contributed by atoms with van der Waals surface area (Å²) in [6, 6.07) is 1.65. The predicted octanol–water partition coefficient (Wildman–Crippen LogP) is 3.67. The van der Waals surface area contributed by atoms with Crippen LogP contribution in [0.25, 0.3) is 0 Å². The molecule has 1 aliphatic rings. The fourth-order valence-electron chi connectivity index (χ4n) is 2.43. The van der Waals surface area contributed by atoms with Gasteiger partial charge in [-0.1, -0.05) is 0 Å². The van der Waals surface area contributed by atoms with Crippen LogP contribution in [-0.4, -0.2) is 24.1 Å². The van der Waals surface area contributed by atoms with Gasteiger partial charge in [-0.15, -0.1) is 11.3 Å². The lowest BCUT2D eigenvalue weighted by Gasteiger charge is -2.19. The Kier molecular flexibility index (Phi) is 4.19. The molecule has 0 aliphatic carbocycles. The van der Waals surface area contributed by atoms with Crippen LogP contribution in [-0.2, 0) is 0 Å². The van der Waals surface area contributed by atoms with Gasteiger partial charge in [0.15, 0.2) is 16.8 Å². The number of hydrogen-bond acceptors (Lipinski definition) is 4. The molecule has 1 fully saturated rings. The third kappa shape index (κ3) is 3.16. The Hall–Kier alpha value is -2.22. The van der Waals surface area contributed by atoms with Gasteiger partial charge >= 0.3 is 6.03 Å². The zero-order chi connectivity index (χ0) is 15.5. The van der Waals surface area contributed by atoms with Crippen LogP contribution < -0.4 is 15.5 Å². The number of benzene rings is 1. The van der Waals surface area contributed by atoms with Crippen LogP contribution in [0.1, 0.15) is 12.8 Å². The zero-order valence-corrected chi connectivity index (χ0v) is 12.4. The van der Waals surface area contributed by atoms with E-state index in [0.29, 0.717) is 18.2 Å². The van der Waals surface area contributed by atoms with Crippen molar-refractivity contribution in [3.05, 3.63) is 35.3 Å². The van der Waals surface area contributed by atoms with Crippen LogP contribution in [0.4, 0.5) is 30.1 Å². The molecule has 0 atom stereocenters. The highest BCUT2D eigenvalue weighted by Crippen LogP contribution is 2.29. The molecule has 0 saturated carbocycles. The van der Waals surface area contributed by atoms with Crippen molar-refractivity contribution in [2.75, 3.05) is 28.6 Å². The van der Waals surface area contributed by atoms with Crippen LogP contribution in [0.5, 0.6) is 0 Å². The molecule has 0 radical (unpaired) electrons. The van der Waals surface area contributed by atoms with Gasteiger partial charge in [-0.25, -0.2) is 18.6 Å². The number of rotatable bonds is 3. The molecule has 2 heterocycles. The summed E-state index contributed by atoms with van der Waals surface area (Å²) in [5.74, 6) is -1.35. The Labute approximate surface area is 130 Å². The summed E-state index contributed by atoms with van der Waals surface area (Å²) >= 11 is 1.25. The summed E-state index contributed by atoms with van der Waals surface area (Å²) in [4.78, 5) is 17.3. The minimum Gasteiger partial charge on any atom is -0.367 e. The lowest BCUT2D eigenvalue weighted by molar-refractivity contribution is 0.262. The van der Waals surface area contributed by atoms with Gasteiger partial charge in [-0.2, -0.15) is 0 Å². The normalized spacial score (nSPS) is 14.2. The maximum Gasteiger partial charge on any atom is 0.325 e. The number of urea groups is 1. The molecule has 2 amide bonds. The van der Waals surface area contributed by atoms with Crippen LogP contribution in [0, 0.1) is 11.6 Å². The molecule has 0 spiro atoms. The van der Waals surface area contributed by atoms with Gasteiger partial charge in [-0.05, 0) is 25.0 Å². The molecule has 1 aromatic carbocycles. The van der Waals surface area contributed by atoms with E-state index in [9.17, 15) is 13.6 Å². The van der Waals surface area contributed by atoms with Gasteiger partial charge in [0.2, 0.25) is 0 Å². The number of nitrogens with one attached hydrogen (secondary N) is 2. The molecule has 0 unspecified atom stereocenters. The van der Waals surface area contributed by atoms with Crippen LogP contribution in [0.2, 0.25) is 0 Å². The molecule has 1 aromatic heterocycles. The first-order chi connectivity index (χ1) is 10.6. The van der Waals surface area contributed by atoms with E-state index in [-0.39, 0.29) is 11.4 Å². The van der Waals surface area contributed by atoms with E-state index in [2.05, 4.69) is 15.6 Å². The van der Waals surface area contributed by atoms with E-state index in [4.69, 9.17) is 0 Å². The Morgan fingerprint density at radius 2 is 1.86 bits per heavy atom. The average molecular weight is 324 g/mol. The van der Waals surface area contributed by atoms with Crippen molar-refractivity contribution in [2.24, 2.45) is 0 Å². The van der Waals surface area contributed by atoms with E-state index < -0.39 is 17.7 Å². The fraction of sp³-hybridized carbons (Fsp3) is 0.286. The number of anilines is 3. The minimum absolute atomic E-state index is 0.0246. The molecule has 2 aromatic rings. The highest BCUT2D eigenvalue weighted by atomic mass is 32.1. The zero-order valence-electron chi connectivity index (χ0n) is 11.6. The minimum atomic E-state index is -0.675. The lowest BCUT2D eigenvalue weighted by atomic mass is 10.2. The van der Waals surface area contributed by atoms with Gasteiger partial charge in [-0.3, -0.25) is 5.32 Å². The molecule has 3 rings (SSSR count). The van der Waals surface area contributed by atoms with Crippen molar-refractivity contribution < 1.29 is 13.6 Å². The maximum absolute atomic E-state index is 14.1. The van der Waals surface area contributed by atoms with Crippen LogP contribution >= 0.6 is 11.3 Å². The van der Waals surface area contributed by atoms with Crippen molar-refractivity contribution in [3.8, 4) is 0 Å². The molecule has 8 heteroatoms. The van der Waals surface area contributed by atoms with Crippen LogP contribution in [0.15, 0.2) is 23.7 Å². The van der Waals surface area contributed by atoms with Gasteiger partial charge < -0.3 is 10.2 Å². The molecule has 1 saturated heterocycles. The largest absolute Gasteiger partial charge is 0.367 e. The number of thiazole rings is 1.